The summed E-state index contributed by atoms with van der Waals surface area (Å²) < 4.78 is 21.3. The van der Waals surface area contributed by atoms with Gasteiger partial charge < -0.3 is 66.2 Å². The van der Waals surface area contributed by atoms with Crippen molar-refractivity contribution in [2.75, 3.05) is 79.5 Å². The number of carboxylic acid groups (broad SMARTS) is 3. The van der Waals surface area contributed by atoms with E-state index in [1.807, 2.05) is 0 Å². The molecule has 0 heterocycles. The molecule has 5 amide bonds. The van der Waals surface area contributed by atoms with Crippen LogP contribution in [0.15, 0.2) is 0 Å². The maximum absolute atomic E-state index is 12.4. The van der Waals surface area contributed by atoms with E-state index in [-0.39, 0.29) is 133 Å². The Bertz CT molecular complexity index is 1510. The zero-order chi connectivity index (χ0) is 52.7. The molecule has 0 bridgehead atoms. The SMILES string of the molecule is CNC(CCCCCNC(=O)CCC(NC(=O)COCCOCCNC(=O)COCCOCCNC(=O)CCC(NC(=O)CCCCCCCCCCCCCCCCC(=O)O)C(=O)O)C(=O)O)C(C)=O. The quantitative estimate of drug-likeness (QED) is 0.0395. The van der Waals surface area contributed by atoms with Gasteiger partial charge in [-0.2, -0.15) is 0 Å². The number of unbranched alkanes of at least 4 members (excludes halogenated alkanes) is 15. The number of aliphatic carboxylic acids is 3. The summed E-state index contributed by atoms with van der Waals surface area (Å²) in [6, 6.07) is -2.60. The van der Waals surface area contributed by atoms with Crippen LogP contribution in [0.4, 0.5) is 0 Å². The van der Waals surface area contributed by atoms with Crippen molar-refractivity contribution in [3.05, 3.63) is 0 Å². The Kier molecular flexibility index (Phi) is 43.2. The molecule has 9 N–H and O–H groups in total. The smallest absolute Gasteiger partial charge is 0.326 e. The highest BCUT2D eigenvalue weighted by atomic mass is 16.5. The van der Waals surface area contributed by atoms with Gasteiger partial charge in [-0.3, -0.25) is 33.6 Å². The van der Waals surface area contributed by atoms with Crippen molar-refractivity contribution in [3.8, 4) is 0 Å². The maximum atomic E-state index is 12.4. The molecule has 0 aromatic heterocycles. The number of hydrogen-bond acceptors (Lipinski definition) is 14. The number of hydrogen-bond donors (Lipinski definition) is 9. The van der Waals surface area contributed by atoms with Crippen LogP contribution in [0.3, 0.4) is 0 Å². The summed E-state index contributed by atoms with van der Waals surface area (Å²) >= 11 is 0. The second kappa shape index (κ2) is 46.3. The molecule has 0 spiro atoms. The van der Waals surface area contributed by atoms with Crippen molar-refractivity contribution in [1.29, 1.82) is 0 Å². The first kappa shape index (κ1) is 66.2. The van der Waals surface area contributed by atoms with Crippen molar-refractivity contribution in [1.82, 2.24) is 31.9 Å². The minimum absolute atomic E-state index is 0.0384. The molecular formula is C49H88N6O16. The van der Waals surface area contributed by atoms with Crippen LogP contribution in [0.5, 0.6) is 0 Å². The lowest BCUT2D eigenvalue weighted by Gasteiger charge is -2.15. The fourth-order valence-electron chi connectivity index (χ4n) is 7.20. The second-order valence-electron chi connectivity index (χ2n) is 17.5. The third kappa shape index (κ3) is 43.7. The summed E-state index contributed by atoms with van der Waals surface area (Å²) in [5.74, 6) is -5.20. The first-order valence-corrected chi connectivity index (χ1v) is 25.7. The molecule has 0 fully saturated rings. The highest BCUT2D eigenvalue weighted by Gasteiger charge is 2.22. The Balaban J connectivity index is 3.80. The fourth-order valence-corrected chi connectivity index (χ4v) is 7.20. The number of likely N-dealkylation sites (N-methyl/N-ethyl adjacent to an activating group) is 1. The molecule has 0 rings (SSSR count). The molecular weight excluding hydrogens is 929 g/mol. The van der Waals surface area contributed by atoms with E-state index in [0.29, 0.717) is 19.4 Å². The van der Waals surface area contributed by atoms with Gasteiger partial charge in [-0.25, -0.2) is 9.59 Å². The first-order chi connectivity index (χ1) is 34.2. The van der Waals surface area contributed by atoms with Crippen LogP contribution in [-0.4, -0.2) is 166 Å². The van der Waals surface area contributed by atoms with Crippen LogP contribution >= 0.6 is 0 Å². The van der Waals surface area contributed by atoms with Crippen LogP contribution in [-0.2, 0) is 62.1 Å². The highest BCUT2D eigenvalue weighted by Crippen LogP contribution is 2.14. The lowest BCUT2D eigenvalue weighted by molar-refractivity contribution is -0.143. The number of ketones is 1. The minimum atomic E-state index is -1.27. The van der Waals surface area contributed by atoms with Gasteiger partial charge in [0.1, 0.15) is 31.1 Å². The van der Waals surface area contributed by atoms with Gasteiger partial charge in [0, 0.05) is 45.3 Å². The summed E-state index contributed by atoms with van der Waals surface area (Å²) in [6.07, 6.45) is 18.2. The van der Waals surface area contributed by atoms with Gasteiger partial charge in [-0.15, -0.1) is 0 Å². The Morgan fingerprint density at radius 3 is 1.23 bits per heavy atom. The van der Waals surface area contributed by atoms with E-state index in [9.17, 15) is 53.4 Å². The average Bonchev–Trinajstić information content (AvgIpc) is 3.32. The standard InChI is InChI=1S/C49H88N6O16/c1-38(56)39(50-2)20-16-15-19-27-51-42(57)25-24-41(49(66)67)55-46(61)37-71-35-33-69-31-29-53-45(60)36-70-34-32-68-30-28-52-43(58)26-23-40(48(64)65)54-44(59)21-17-13-11-9-7-5-3-4-6-8-10-12-14-18-22-47(62)63/h39-41,50H,3-37H2,1-2H3,(H,51,57)(H,52,58)(H,53,60)(H,54,59)(H,55,61)(H,62,63)(H,64,65)(H,66,67). The molecule has 0 aromatic rings. The Hall–Kier alpha value is -4.77. The lowest BCUT2D eigenvalue weighted by atomic mass is 10.0. The van der Waals surface area contributed by atoms with Crippen LogP contribution in [0, 0.1) is 0 Å². The molecule has 0 aliphatic heterocycles. The molecule has 0 saturated carbocycles. The third-order valence-corrected chi connectivity index (χ3v) is 11.3. The number of ether oxygens (including phenoxy) is 4. The average molecular weight is 1020 g/mol. The lowest BCUT2D eigenvalue weighted by Crippen LogP contribution is -2.43. The largest absolute Gasteiger partial charge is 0.481 e. The maximum Gasteiger partial charge on any atom is 0.326 e. The molecule has 3 atom stereocenters. The summed E-state index contributed by atoms with van der Waals surface area (Å²) in [5, 5.41) is 43.5. The number of carboxylic acids is 3. The molecule has 410 valence electrons. The zero-order valence-electron chi connectivity index (χ0n) is 42.6. The van der Waals surface area contributed by atoms with Crippen molar-refractivity contribution in [2.45, 2.75) is 179 Å². The highest BCUT2D eigenvalue weighted by molar-refractivity contribution is 5.85. The van der Waals surface area contributed by atoms with Gasteiger partial charge in [0.25, 0.3) is 0 Å². The van der Waals surface area contributed by atoms with E-state index in [1.165, 1.54) is 45.4 Å². The van der Waals surface area contributed by atoms with Crippen LogP contribution in [0.1, 0.15) is 161 Å². The van der Waals surface area contributed by atoms with E-state index in [1.54, 1.807) is 7.05 Å². The van der Waals surface area contributed by atoms with Crippen molar-refractivity contribution in [2.24, 2.45) is 0 Å². The van der Waals surface area contributed by atoms with Crippen molar-refractivity contribution in [3.63, 3.8) is 0 Å². The molecule has 0 aliphatic carbocycles. The fraction of sp³-hybridized carbons (Fsp3) is 0.816. The van der Waals surface area contributed by atoms with Crippen molar-refractivity contribution >= 4 is 53.2 Å². The Morgan fingerprint density at radius 1 is 0.380 bits per heavy atom. The van der Waals surface area contributed by atoms with Gasteiger partial charge in [-0.05, 0) is 52.5 Å². The van der Waals surface area contributed by atoms with E-state index < -0.39 is 42.5 Å². The number of carbonyl (C=O) groups excluding carboxylic acids is 6. The summed E-state index contributed by atoms with van der Waals surface area (Å²) in [7, 11) is 1.74. The number of carbonyl (C=O) groups is 9. The van der Waals surface area contributed by atoms with E-state index in [0.717, 1.165) is 64.2 Å². The van der Waals surface area contributed by atoms with Gasteiger partial charge in [-0.1, -0.05) is 89.9 Å². The van der Waals surface area contributed by atoms with Crippen LogP contribution in [0.25, 0.3) is 0 Å². The van der Waals surface area contributed by atoms with Gasteiger partial charge in [0.05, 0.1) is 45.7 Å². The summed E-state index contributed by atoms with van der Waals surface area (Å²) in [4.78, 5) is 106. The molecule has 3 unspecified atom stereocenters. The normalized spacial score (nSPS) is 12.3. The number of amides is 5. The third-order valence-electron chi connectivity index (χ3n) is 11.3. The zero-order valence-corrected chi connectivity index (χ0v) is 42.6. The van der Waals surface area contributed by atoms with Crippen molar-refractivity contribution < 1.29 is 77.4 Å². The molecule has 0 saturated heterocycles. The van der Waals surface area contributed by atoms with E-state index in [2.05, 4.69) is 31.9 Å². The van der Waals surface area contributed by atoms with Gasteiger partial charge in [0.15, 0.2) is 0 Å². The molecule has 0 aromatic carbocycles. The van der Waals surface area contributed by atoms with Crippen LogP contribution in [0.2, 0.25) is 0 Å². The topological polar surface area (TPSA) is 323 Å². The van der Waals surface area contributed by atoms with E-state index in [4.69, 9.17) is 24.1 Å². The summed E-state index contributed by atoms with van der Waals surface area (Å²) in [6.45, 7) is 2.48. The van der Waals surface area contributed by atoms with Crippen LogP contribution < -0.4 is 31.9 Å². The predicted molar refractivity (Wildman–Crippen MR) is 263 cm³/mol. The van der Waals surface area contributed by atoms with Gasteiger partial charge >= 0.3 is 17.9 Å². The number of Topliss-reactive ketones (excluding diaryl/α,β-unsaturated/α-hetero) is 1. The molecule has 0 radical (unpaired) electrons. The first-order valence-electron chi connectivity index (χ1n) is 25.7. The summed E-state index contributed by atoms with van der Waals surface area (Å²) in [5.41, 5.74) is 0. The Labute approximate surface area is 420 Å². The molecule has 22 heteroatoms. The molecule has 0 aliphatic rings. The Morgan fingerprint density at radius 2 is 0.775 bits per heavy atom. The minimum Gasteiger partial charge on any atom is -0.481 e. The number of rotatable bonds is 51. The van der Waals surface area contributed by atoms with E-state index >= 15 is 0 Å². The monoisotopic (exact) mass is 1020 g/mol. The number of nitrogens with one attached hydrogen (secondary N) is 6. The molecule has 71 heavy (non-hydrogen) atoms. The predicted octanol–water partition coefficient (Wildman–Crippen LogP) is 3.16. The second-order valence-corrected chi connectivity index (χ2v) is 17.5. The molecule has 22 nitrogen and oxygen atoms in total. The van der Waals surface area contributed by atoms with Gasteiger partial charge in [0.2, 0.25) is 29.5 Å².